The normalized spacial score (nSPS) is 20.9. The highest BCUT2D eigenvalue weighted by Gasteiger charge is 2.09. The van der Waals surface area contributed by atoms with Crippen molar-refractivity contribution in [2.24, 2.45) is 15.0 Å². The summed E-state index contributed by atoms with van der Waals surface area (Å²) in [7, 11) is 0. The van der Waals surface area contributed by atoms with Crippen LogP contribution in [0, 0.1) is 0 Å². The van der Waals surface area contributed by atoms with E-state index in [9.17, 15) is 0 Å². The standard InChI is InChI=1S/C14H10N4S/c1-10-18-13-12(6-4-8-15-13)17-9-11-5-2-3-7-16-14(11)19-10/h2-6,8H,1,9H2/b17-12-,18-13+. The minimum atomic E-state index is 0.541. The topological polar surface area (TPSA) is 50.0 Å². The Kier molecular flexibility index (Phi) is 3.23. The molecule has 3 rings (SSSR count). The zero-order valence-electron chi connectivity index (χ0n) is 10.1. The van der Waals surface area contributed by atoms with Gasteiger partial charge in [0.2, 0.25) is 0 Å². The number of hydrogen-bond acceptors (Lipinski definition) is 5. The summed E-state index contributed by atoms with van der Waals surface area (Å²) >= 11 is 1.41. The maximum Gasteiger partial charge on any atom is 0.178 e. The van der Waals surface area contributed by atoms with Crippen LogP contribution >= 0.6 is 11.8 Å². The molecular formula is C14H10N4S. The van der Waals surface area contributed by atoms with E-state index in [1.54, 1.807) is 12.3 Å². The maximum atomic E-state index is 4.55. The molecule has 2 aliphatic rings. The Hall–Kier alpha value is -2.23. The Labute approximate surface area is 114 Å². The molecular weight excluding hydrogens is 256 g/mol. The van der Waals surface area contributed by atoms with Crippen molar-refractivity contribution in [1.82, 2.24) is 4.98 Å². The van der Waals surface area contributed by atoms with Crippen LogP contribution in [0.3, 0.4) is 0 Å². The third-order valence-electron chi connectivity index (χ3n) is 2.54. The van der Waals surface area contributed by atoms with Crippen LogP contribution in [0.5, 0.6) is 0 Å². The van der Waals surface area contributed by atoms with Gasteiger partial charge in [-0.15, -0.1) is 0 Å². The van der Waals surface area contributed by atoms with Crippen molar-refractivity contribution in [3.05, 3.63) is 69.6 Å². The van der Waals surface area contributed by atoms with Gasteiger partial charge in [0.25, 0.3) is 0 Å². The number of nitrogens with zero attached hydrogens (tertiary/aromatic N) is 4. The van der Waals surface area contributed by atoms with E-state index < -0.39 is 0 Å². The number of hydrogen-bond donors (Lipinski definition) is 0. The van der Waals surface area contributed by atoms with Crippen LogP contribution in [0.15, 0.2) is 73.7 Å². The Morgan fingerprint density at radius 3 is 3.26 bits per heavy atom. The molecule has 92 valence electrons. The van der Waals surface area contributed by atoms with Gasteiger partial charge in [-0.3, -0.25) is 4.99 Å². The van der Waals surface area contributed by atoms with Crippen molar-refractivity contribution >= 4 is 17.6 Å². The fourth-order valence-electron chi connectivity index (χ4n) is 1.68. The summed E-state index contributed by atoms with van der Waals surface area (Å²) in [5.41, 5.74) is 1.63. The van der Waals surface area contributed by atoms with Gasteiger partial charge in [-0.2, -0.15) is 4.99 Å². The quantitative estimate of drug-likeness (QED) is 0.715. The first-order valence-electron chi connectivity index (χ1n) is 5.73. The first-order chi connectivity index (χ1) is 9.33. The number of allylic oxidation sites excluding steroid dienone is 2. The molecule has 0 unspecified atom stereocenters. The number of rotatable bonds is 0. The first-order valence-corrected chi connectivity index (χ1v) is 6.55. The van der Waals surface area contributed by atoms with Crippen LogP contribution in [-0.2, 0) is 0 Å². The molecule has 0 spiro atoms. The largest absolute Gasteiger partial charge is 0.277 e. The highest BCUT2D eigenvalue weighted by atomic mass is 32.2. The molecule has 0 N–H and O–H groups in total. The van der Waals surface area contributed by atoms with Gasteiger partial charge in [0, 0.05) is 11.8 Å². The van der Waals surface area contributed by atoms with Crippen molar-refractivity contribution in [2.75, 3.05) is 6.54 Å². The lowest BCUT2D eigenvalue weighted by atomic mass is 10.2. The molecule has 0 saturated carbocycles. The monoisotopic (exact) mass is 266 g/mol. The predicted octanol–water partition coefficient (Wildman–Crippen LogP) is 1.55. The lowest BCUT2D eigenvalue weighted by Gasteiger charge is -2.02. The summed E-state index contributed by atoms with van der Waals surface area (Å²) in [6.45, 7) is 4.48. The van der Waals surface area contributed by atoms with Crippen LogP contribution in [0.2, 0.25) is 0 Å². The Morgan fingerprint density at radius 2 is 2.32 bits per heavy atom. The van der Waals surface area contributed by atoms with Crippen molar-refractivity contribution in [1.29, 1.82) is 0 Å². The second-order valence-corrected chi connectivity index (χ2v) is 4.93. The number of aliphatic imine (C=N–C) groups is 1. The molecule has 0 amide bonds. The van der Waals surface area contributed by atoms with Crippen molar-refractivity contribution in [3.8, 4) is 0 Å². The smallest absolute Gasteiger partial charge is 0.178 e. The summed E-state index contributed by atoms with van der Waals surface area (Å²) in [5, 5.41) is 2.24. The predicted molar refractivity (Wildman–Crippen MR) is 76.3 cm³/mol. The molecule has 19 heavy (non-hydrogen) atoms. The SMILES string of the molecule is C=C1/N=c2/nccc/c2=N/CC2=C(N=C=CC=C2)S1. The summed E-state index contributed by atoms with van der Waals surface area (Å²) in [4.78, 5) is 17.4. The fraction of sp³-hybridized carbons (Fsp3) is 0.0714. The van der Waals surface area contributed by atoms with Crippen LogP contribution in [0.25, 0.3) is 0 Å². The van der Waals surface area contributed by atoms with Crippen LogP contribution in [0.4, 0.5) is 0 Å². The zero-order valence-corrected chi connectivity index (χ0v) is 10.9. The number of aromatic nitrogens is 1. The third-order valence-corrected chi connectivity index (χ3v) is 3.41. The molecule has 3 heterocycles. The van der Waals surface area contributed by atoms with E-state index in [4.69, 9.17) is 0 Å². The maximum absolute atomic E-state index is 4.55. The van der Waals surface area contributed by atoms with Crippen LogP contribution in [-0.4, -0.2) is 17.4 Å². The van der Waals surface area contributed by atoms with Crippen LogP contribution in [0.1, 0.15) is 0 Å². The van der Waals surface area contributed by atoms with E-state index in [1.807, 2.05) is 24.3 Å². The molecule has 0 saturated heterocycles. The van der Waals surface area contributed by atoms with E-state index in [1.165, 1.54) is 11.8 Å². The van der Waals surface area contributed by atoms with Gasteiger partial charge in [-0.25, -0.2) is 9.98 Å². The fourth-order valence-corrected chi connectivity index (χ4v) is 2.39. The van der Waals surface area contributed by atoms with E-state index in [0.29, 0.717) is 17.1 Å². The molecule has 0 aromatic carbocycles. The molecule has 2 aliphatic heterocycles. The van der Waals surface area contributed by atoms with Gasteiger partial charge in [-0.05, 0) is 35.8 Å². The van der Waals surface area contributed by atoms with Gasteiger partial charge in [-0.1, -0.05) is 18.7 Å². The zero-order chi connectivity index (χ0) is 13.1. The molecule has 1 aromatic heterocycles. The van der Waals surface area contributed by atoms with E-state index in [0.717, 1.165) is 16.0 Å². The number of thioether (sulfide) groups is 1. The van der Waals surface area contributed by atoms with E-state index >= 15 is 0 Å². The third kappa shape index (κ3) is 2.62. The highest BCUT2D eigenvalue weighted by Crippen LogP contribution is 2.29. The molecule has 0 fully saturated rings. The average Bonchev–Trinajstić information content (AvgIpc) is 2.59. The average molecular weight is 266 g/mol. The molecule has 0 aliphatic carbocycles. The Morgan fingerprint density at radius 1 is 1.37 bits per heavy atom. The van der Waals surface area contributed by atoms with E-state index in [-0.39, 0.29) is 0 Å². The molecule has 0 radical (unpaired) electrons. The minimum absolute atomic E-state index is 0.541. The van der Waals surface area contributed by atoms with Crippen molar-refractivity contribution in [2.45, 2.75) is 0 Å². The first kappa shape index (κ1) is 11.8. The lowest BCUT2D eigenvalue weighted by Crippen LogP contribution is -2.28. The van der Waals surface area contributed by atoms with Gasteiger partial charge in [0.15, 0.2) is 5.49 Å². The second-order valence-electron chi connectivity index (χ2n) is 3.87. The van der Waals surface area contributed by atoms with Crippen molar-refractivity contribution < 1.29 is 0 Å². The molecule has 0 atom stereocenters. The minimum Gasteiger partial charge on any atom is -0.277 e. The molecule has 4 nitrogen and oxygen atoms in total. The summed E-state index contributed by atoms with van der Waals surface area (Å²) < 4.78 is 0. The van der Waals surface area contributed by atoms with Gasteiger partial charge in [0.1, 0.15) is 10.4 Å². The van der Waals surface area contributed by atoms with Crippen molar-refractivity contribution in [3.63, 3.8) is 0 Å². The Balaban J connectivity index is 2.18. The molecule has 0 bridgehead atoms. The number of pyridine rings is 1. The summed E-state index contributed by atoms with van der Waals surface area (Å²) in [6, 6.07) is 3.75. The second kappa shape index (κ2) is 5.18. The summed E-state index contributed by atoms with van der Waals surface area (Å²) in [5.74, 6) is 2.85. The lowest BCUT2D eigenvalue weighted by molar-refractivity contribution is 1.02. The van der Waals surface area contributed by atoms with Gasteiger partial charge < -0.3 is 0 Å². The Bertz CT molecular complexity index is 780. The van der Waals surface area contributed by atoms with Crippen LogP contribution < -0.4 is 10.8 Å². The molecule has 1 aromatic rings. The van der Waals surface area contributed by atoms with Gasteiger partial charge >= 0.3 is 0 Å². The highest BCUT2D eigenvalue weighted by molar-refractivity contribution is 8.06. The number of fused-ring (bicyclic) bond motifs is 1. The molecule has 5 heteroatoms. The van der Waals surface area contributed by atoms with Gasteiger partial charge in [0.05, 0.1) is 11.6 Å². The summed E-state index contributed by atoms with van der Waals surface area (Å²) in [6.07, 6.45) is 7.37. The van der Waals surface area contributed by atoms with E-state index in [2.05, 4.69) is 32.4 Å².